The summed E-state index contributed by atoms with van der Waals surface area (Å²) < 4.78 is 26.0. The molecule has 19 heavy (non-hydrogen) atoms. The Labute approximate surface area is 109 Å². The van der Waals surface area contributed by atoms with Gasteiger partial charge < -0.3 is 4.90 Å². The maximum absolute atomic E-state index is 13.0. The number of halogens is 2. The minimum absolute atomic E-state index is 0.214. The zero-order chi connectivity index (χ0) is 13.8. The quantitative estimate of drug-likeness (QED) is 0.797. The molecule has 1 amide bonds. The third-order valence-corrected chi connectivity index (χ3v) is 2.63. The highest BCUT2D eigenvalue weighted by atomic mass is 19.1. The van der Waals surface area contributed by atoms with E-state index in [1.54, 1.807) is 19.2 Å². The van der Waals surface area contributed by atoms with Crippen LogP contribution in [0.25, 0.3) is 0 Å². The molecule has 1 heterocycles. The Bertz CT molecular complexity index is 602. The Morgan fingerprint density at radius 3 is 2.74 bits per heavy atom. The van der Waals surface area contributed by atoms with Crippen molar-refractivity contribution in [2.75, 3.05) is 7.05 Å². The number of hydrogen-bond acceptors (Lipinski definition) is 2. The summed E-state index contributed by atoms with van der Waals surface area (Å²) in [5, 5.41) is 0. The molecular weight excluding hydrogens is 250 g/mol. The van der Waals surface area contributed by atoms with Crippen molar-refractivity contribution in [3.63, 3.8) is 0 Å². The molecule has 0 bridgehead atoms. The van der Waals surface area contributed by atoms with Gasteiger partial charge in [0.05, 0.1) is 0 Å². The number of carbonyl (C=O) groups excluding carboxylic acids is 1. The molecule has 0 unspecified atom stereocenters. The van der Waals surface area contributed by atoms with Crippen molar-refractivity contribution in [3.8, 4) is 0 Å². The maximum Gasteiger partial charge on any atom is 0.254 e. The molecule has 2 rings (SSSR count). The van der Waals surface area contributed by atoms with Crippen molar-refractivity contribution in [1.82, 2.24) is 9.88 Å². The van der Waals surface area contributed by atoms with Gasteiger partial charge in [-0.05, 0) is 23.8 Å². The van der Waals surface area contributed by atoms with E-state index >= 15 is 0 Å². The maximum atomic E-state index is 13.0. The molecule has 1 aromatic heterocycles. The zero-order valence-corrected chi connectivity index (χ0v) is 10.3. The molecule has 0 aliphatic carbocycles. The summed E-state index contributed by atoms with van der Waals surface area (Å²) in [6.07, 6.45) is 1.23. The van der Waals surface area contributed by atoms with E-state index in [-0.39, 0.29) is 23.8 Å². The van der Waals surface area contributed by atoms with Crippen molar-refractivity contribution in [1.29, 1.82) is 0 Å². The topological polar surface area (TPSA) is 33.2 Å². The number of carbonyl (C=O) groups is 1. The molecule has 0 fully saturated rings. The molecule has 0 saturated carbocycles. The van der Waals surface area contributed by atoms with Gasteiger partial charge in [0.1, 0.15) is 5.82 Å². The predicted octanol–water partition coefficient (Wildman–Crippen LogP) is 2.63. The van der Waals surface area contributed by atoms with Crippen LogP contribution in [0.4, 0.5) is 8.78 Å². The molecule has 0 saturated heterocycles. The Morgan fingerprint density at radius 2 is 2.05 bits per heavy atom. The number of hydrogen-bond donors (Lipinski definition) is 0. The summed E-state index contributed by atoms with van der Waals surface area (Å²) in [6.45, 7) is 0.251. The Morgan fingerprint density at radius 1 is 1.26 bits per heavy atom. The summed E-state index contributed by atoms with van der Waals surface area (Å²) in [6, 6.07) is 8.51. The van der Waals surface area contributed by atoms with E-state index in [1.807, 2.05) is 0 Å². The van der Waals surface area contributed by atoms with Gasteiger partial charge in [-0.25, -0.2) is 9.37 Å². The van der Waals surface area contributed by atoms with Crippen molar-refractivity contribution >= 4 is 5.91 Å². The van der Waals surface area contributed by atoms with Crippen molar-refractivity contribution in [3.05, 3.63) is 65.5 Å². The number of benzene rings is 1. The van der Waals surface area contributed by atoms with Gasteiger partial charge in [0.25, 0.3) is 5.91 Å². The van der Waals surface area contributed by atoms with Crippen LogP contribution in [0.1, 0.15) is 15.9 Å². The first kappa shape index (κ1) is 13.1. The predicted molar refractivity (Wildman–Crippen MR) is 66.4 cm³/mol. The second kappa shape index (κ2) is 5.56. The van der Waals surface area contributed by atoms with E-state index in [4.69, 9.17) is 0 Å². The molecule has 0 spiro atoms. The molecule has 0 aliphatic heterocycles. The van der Waals surface area contributed by atoms with Gasteiger partial charge in [0, 0.05) is 31.4 Å². The van der Waals surface area contributed by atoms with Crippen LogP contribution in [0, 0.1) is 11.8 Å². The van der Waals surface area contributed by atoms with Gasteiger partial charge in [-0.3, -0.25) is 4.79 Å². The molecule has 0 atom stereocenters. The second-order valence-corrected chi connectivity index (χ2v) is 4.16. The zero-order valence-electron chi connectivity index (χ0n) is 10.3. The van der Waals surface area contributed by atoms with Crippen LogP contribution >= 0.6 is 0 Å². The number of amides is 1. The first-order valence-corrected chi connectivity index (χ1v) is 5.68. The third-order valence-electron chi connectivity index (χ3n) is 2.63. The van der Waals surface area contributed by atoms with E-state index in [2.05, 4.69) is 4.98 Å². The first-order valence-electron chi connectivity index (χ1n) is 5.68. The van der Waals surface area contributed by atoms with Crippen LogP contribution in [0.5, 0.6) is 0 Å². The molecule has 0 N–H and O–H groups in total. The first-order chi connectivity index (χ1) is 9.06. The lowest BCUT2D eigenvalue weighted by molar-refractivity contribution is 0.0784. The number of pyridine rings is 1. The lowest BCUT2D eigenvalue weighted by Gasteiger charge is -2.17. The fraction of sp³-hybridized carbons (Fsp3) is 0.143. The van der Waals surface area contributed by atoms with E-state index < -0.39 is 5.95 Å². The molecule has 5 heteroatoms. The van der Waals surface area contributed by atoms with E-state index in [1.165, 1.54) is 29.3 Å². The minimum atomic E-state index is -0.704. The summed E-state index contributed by atoms with van der Waals surface area (Å²) in [7, 11) is 1.57. The smallest absolute Gasteiger partial charge is 0.254 e. The molecule has 98 valence electrons. The van der Waals surface area contributed by atoms with Crippen molar-refractivity contribution in [2.45, 2.75) is 6.54 Å². The fourth-order valence-electron chi connectivity index (χ4n) is 1.74. The van der Waals surface area contributed by atoms with Crippen molar-refractivity contribution < 1.29 is 13.6 Å². The van der Waals surface area contributed by atoms with Crippen LogP contribution in [0.2, 0.25) is 0 Å². The molecule has 0 radical (unpaired) electrons. The average Bonchev–Trinajstić information content (AvgIpc) is 2.38. The number of nitrogens with zero attached hydrogens (tertiary/aromatic N) is 2. The normalized spacial score (nSPS) is 10.3. The molecule has 1 aromatic carbocycles. The Hall–Kier alpha value is -2.30. The number of aromatic nitrogens is 1. The van der Waals surface area contributed by atoms with Gasteiger partial charge in [0.15, 0.2) is 0 Å². The lowest BCUT2D eigenvalue weighted by Crippen LogP contribution is -2.26. The van der Waals surface area contributed by atoms with Gasteiger partial charge in [0.2, 0.25) is 5.95 Å². The average molecular weight is 262 g/mol. The molecule has 3 nitrogen and oxygen atoms in total. The fourth-order valence-corrected chi connectivity index (χ4v) is 1.74. The SMILES string of the molecule is CN(Cc1cccc(F)c1)C(=O)c1ccnc(F)c1. The highest BCUT2D eigenvalue weighted by molar-refractivity contribution is 5.93. The third kappa shape index (κ3) is 3.34. The minimum Gasteiger partial charge on any atom is -0.337 e. The Balaban J connectivity index is 2.12. The Kier molecular flexibility index (Phi) is 3.85. The lowest BCUT2D eigenvalue weighted by atomic mass is 10.2. The van der Waals surface area contributed by atoms with Crippen molar-refractivity contribution in [2.24, 2.45) is 0 Å². The van der Waals surface area contributed by atoms with Crippen LogP contribution in [0.15, 0.2) is 42.6 Å². The molecular formula is C14H12F2N2O. The highest BCUT2D eigenvalue weighted by Gasteiger charge is 2.13. The van der Waals surface area contributed by atoms with Crippen LogP contribution in [0.3, 0.4) is 0 Å². The second-order valence-electron chi connectivity index (χ2n) is 4.16. The summed E-state index contributed by atoms with van der Waals surface area (Å²) in [5.74, 6) is -1.40. The van der Waals surface area contributed by atoms with Gasteiger partial charge >= 0.3 is 0 Å². The summed E-state index contributed by atoms with van der Waals surface area (Å²) >= 11 is 0. The van der Waals surface area contributed by atoms with Gasteiger partial charge in [-0.1, -0.05) is 12.1 Å². The summed E-state index contributed by atoms with van der Waals surface area (Å²) in [5.41, 5.74) is 0.886. The molecule has 2 aromatic rings. The van der Waals surface area contributed by atoms with E-state index in [9.17, 15) is 13.6 Å². The standard InChI is InChI=1S/C14H12F2N2O/c1-18(9-10-3-2-4-12(15)7-10)14(19)11-5-6-17-13(16)8-11/h2-8H,9H2,1H3. The van der Waals surface area contributed by atoms with Crippen LogP contribution in [-0.4, -0.2) is 22.8 Å². The van der Waals surface area contributed by atoms with E-state index in [0.717, 1.165) is 6.07 Å². The van der Waals surface area contributed by atoms with Crippen LogP contribution in [-0.2, 0) is 6.54 Å². The molecule has 0 aliphatic rings. The highest BCUT2D eigenvalue weighted by Crippen LogP contribution is 2.10. The monoisotopic (exact) mass is 262 g/mol. The number of rotatable bonds is 3. The largest absolute Gasteiger partial charge is 0.337 e. The van der Waals surface area contributed by atoms with Gasteiger partial charge in [-0.15, -0.1) is 0 Å². The van der Waals surface area contributed by atoms with Gasteiger partial charge in [-0.2, -0.15) is 4.39 Å². The van der Waals surface area contributed by atoms with Crippen LogP contribution < -0.4 is 0 Å². The summed E-state index contributed by atoms with van der Waals surface area (Å²) in [4.78, 5) is 16.8. The van der Waals surface area contributed by atoms with E-state index in [0.29, 0.717) is 5.56 Å².